The molecule has 4 N–H and O–H groups in total. The van der Waals surface area contributed by atoms with Gasteiger partial charge in [0.05, 0.1) is 0 Å². The number of amides is 1. The highest BCUT2D eigenvalue weighted by atomic mass is 16.3. The fourth-order valence-electron chi connectivity index (χ4n) is 2.81. The zero-order valence-corrected chi connectivity index (χ0v) is 12.4. The van der Waals surface area contributed by atoms with Gasteiger partial charge in [-0.2, -0.15) is 0 Å². The molecule has 5 nitrogen and oxygen atoms in total. The molecular weight excluding hydrogens is 268 g/mol. The molecule has 21 heavy (non-hydrogen) atoms. The largest absolute Gasteiger partial charge is 0.507 e. The topological polar surface area (TPSA) is 81.6 Å². The average molecular weight is 292 g/mol. The lowest BCUT2D eigenvalue weighted by atomic mass is 9.91. The van der Waals surface area contributed by atoms with Gasteiger partial charge < -0.3 is 20.8 Å². The van der Waals surface area contributed by atoms with Crippen LogP contribution in [0, 0.1) is 0 Å². The molecule has 0 aliphatic heterocycles. The van der Waals surface area contributed by atoms with Crippen molar-refractivity contribution in [2.24, 2.45) is 0 Å². The number of hydrogen-bond acceptors (Lipinski definition) is 4. The molecule has 1 fully saturated rings. The average Bonchev–Trinajstić information content (AvgIpc) is 2.46. The Labute approximate surface area is 125 Å². The van der Waals surface area contributed by atoms with Crippen LogP contribution in [0.3, 0.4) is 0 Å². The molecule has 1 aliphatic rings. The summed E-state index contributed by atoms with van der Waals surface area (Å²) < 4.78 is 0. The molecule has 1 aromatic rings. The van der Waals surface area contributed by atoms with Gasteiger partial charge in [0, 0.05) is 12.1 Å². The van der Waals surface area contributed by atoms with Crippen molar-refractivity contribution in [1.29, 1.82) is 0 Å². The van der Waals surface area contributed by atoms with E-state index in [2.05, 4.69) is 17.6 Å². The van der Waals surface area contributed by atoms with E-state index in [4.69, 9.17) is 0 Å². The summed E-state index contributed by atoms with van der Waals surface area (Å²) in [6.45, 7) is 3.19. The third kappa shape index (κ3) is 4.11. The summed E-state index contributed by atoms with van der Waals surface area (Å²) in [5.41, 5.74) is -0.0382. The second-order valence-corrected chi connectivity index (χ2v) is 5.65. The maximum atomic E-state index is 12.2. The fraction of sp³-hybridized carbons (Fsp3) is 0.562. The lowest BCUT2D eigenvalue weighted by Crippen LogP contribution is -2.42. The summed E-state index contributed by atoms with van der Waals surface area (Å²) in [7, 11) is 0. The van der Waals surface area contributed by atoms with Gasteiger partial charge in [-0.05, 0) is 50.8 Å². The summed E-state index contributed by atoms with van der Waals surface area (Å²) in [6.07, 6.45) is 5.04. The number of phenols is 2. The molecule has 5 heteroatoms. The van der Waals surface area contributed by atoms with Crippen LogP contribution in [0.1, 0.15) is 49.4 Å². The van der Waals surface area contributed by atoms with Crippen LogP contribution in [0.2, 0.25) is 0 Å². The Kier molecular flexibility index (Phi) is 5.44. The zero-order chi connectivity index (χ0) is 15.2. The minimum Gasteiger partial charge on any atom is -0.507 e. The molecule has 116 valence electrons. The molecule has 0 spiro atoms. The number of aromatic hydroxyl groups is 2. The molecule has 0 saturated heterocycles. The normalized spacial score (nSPS) is 22.0. The number of hydrogen-bond donors (Lipinski definition) is 4. The Morgan fingerprint density at radius 2 is 1.71 bits per heavy atom. The van der Waals surface area contributed by atoms with Gasteiger partial charge in [0.25, 0.3) is 5.91 Å². The third-order valence-electron chi connectivity index (χ3n) is 3.99. The first-order chi connectivity index (χ1) is 10.1. The van der Waals surface area contributed by atoms with Crippen LogP contribution in [-0.2, 0) is 0 Å². The first kappa shape index (κ1) is 15.6. The SMILES string of the molecule is CCCNC1CCC(NC(=O)c2c(O)cccc2O)CC1. The number of phenolic OH excluding ortho intramolecular Hbond substituents is 2. The number of carbonyl (C=O) groups is 1. The number of carbonyl (C=O) groups excluding carboxylic acids is 1. The van der Waals surface area contributed by atoms with Crippen molar-refractivity contribution in [2.75, 3.05) is 6.54 Å². The van der Waals surface area contributed by atoms with E-state index < -0.39 is 5.91 Å². The Morgan fingerprint density at radius 1 is 1.14 bits per heavy atom. The molecule has 0 atom stereocenters. The van der Waals surface area contributed by atoms with Crippen LogP contribution in [0.5, 0.6) is 11.5 Å². The van der Waals surface area contributed by atoms with E-state index in [-0.39, 0.29) is 23.1 Å². The van der Waals surface area contributed by atoms with Crippen LogP contribution >= 0.6 is 0 Å². The highest BCUT2D eigenvalue weighted by Crippen LogP contribution is 2.27. The molecule has 0 bridgehead atoms. The van der Waals surface area contributed by atoms with Gasteiger partial charge in [0.1, 0.15) is 17.1 Å². The van der Waals surface area contributed by atoms with Crippen LogP contribution < -0.4 is 10.6 Å². The van der Waals surface area contributed by atoms with Gasteiger partial charge in [-0.3, -0.25) is 4.79 Å². The van der Waals surface area contributed by atoms with Gasteiger partial charge in [-0.15, -0.1) is 0 Å². The summed E-state index contributed by atoms with van der Waals surface area (Å²) in [6, 6.07) is 4.96. The van der Waals surface area contributed by atoms with Crippen LogP contribution in [0.25, 0.3) is 0 Å². The molecule has 1 saturated carbocycles. The van der Waals surface area contributed by atoms with Crippen molar-refractivity contribution < 1.29 is 15.0 Å². The van der Waals surface area contributed by atoms with Crippen molar-refractivity contribution in [3.8, 4) is 11.5 Å². The highest BCUT2D eigenvalue weighted by molar-refractivity contribution is 5.99. The maximum Gasteiger partial charge on any atom is 0.259 e. The second kappa shape index (κ2) is 7.31. The summed E-state index contributed by atoms with van der Waals surface area (Å²) in [4.78, 5) is 12.2. The monoisotopic (exact) mass is 292 g/mol. The minimum atomic E-state index is -0.407. The van der Waals surface area contributed by atoms with Crippen molar-refractivity contribution in [1.82, 2.24) is 10.6 Å². The fourth-order valence-corrected chi connectivity index (χ4v) is 2.81. The van der Waals surface area contributed by atoms with Gasteiger partial charge in [-0.1, -0.05) is 13.0 Å². The third-order valence-corrected chi connectivity index (χ3v) is 3.99. The van der Waals surface area contributed by atoms with E-state index in [1.165, 1.54) is 18.2 Å². The summed E-state index contributed by atoms with van der Waals surface area (Å²) in [5, 5.41) is 25.8. The summed E-state index contributed by atoms with van der Waals surface area (Å²) >= 11 is 0. The van der Waals surface area contributed by atoms with Gasteiger partial charge in [-0.25, -0.2) is 0 Å². The van der Waals surface area contributed by atoms with E-state index in [9.17, 15) is 15.0 Å². The van der Waals surface area contributed by atoms with Gasteiger partial charge in [0.2, 0.25) is 0 Å². The molecule has 1 aliphatic carbocycles. The highest BCUT2D eigenvalue weighted by Gasteiger charge is 2.24. The molecule has 0 radical (unpaired) electrons. The van der Waals surface area contributed by atoms with E-state index in [0.29, 0.717) is 6.04 Å². The molecule has 1 amide bonds. The van der Waals surface area contributed by atoms with Crippen LogP contribution in [0.4, 0.5) is 0 Å². The van der Waals surface area contributed by atoms with Gasteiger partial charge >= 0.3 is 0 Å². The predicted molar refractivity (Wildman–Crippen MR) is 81.6 cm³/mol. The molecule has 0 heterocycles. The molecular formula is C16H24N2O3. The van der Waals surface area contributed by atoms with E-state index >= 15 is 0 Å². The Bertz CT molecular complexity index is 462. The first-order valence-corrected chi connectivity index (χ1v) is 7.67. The standard InChI is InChI=1S/C16H24N2O3/c1-2-10-17-11-6-8-12(9-7-11)18-16(21)15-13(19)4-3-5-14(15)20/h3-5,11-12,17,19-20H,2,6-10H2,1H3,(H,18,21). The second-order valence-electron chi connectivity index (χ2n) is 5.65. The minimum absolute atomic E-state index is 0.0382. The van der Waals surface area contributed by atoms with Gasteiger partial charge in [0.15, 0.2) is 0 Å². The zero-order valence-electron chi connectivity index (χ0n) is 12.4. The van der Waals surface area contributed by atoms with Crippen LogP contribution in [0.15, 0.2) is 18.2 Å². The quantitative estimate of drug-likeness (QED) is 0.670. The van der Waals surface area contributed by atoms with Crippen molar-refractivity contribution in [2.45, 2.75) is 51.1 Å². The van der Waals surface area contributed by atoms with Crippen molar-refractivity contribution in [3.63, 3.8) is 0 Å². The number of rotatable bonds is 5. The van der Waals surface area contributed by atoms with Crippen molar-refractivity contribution in [3.05, 3.63) is 23.8 Å². The van der Waals surface area contributed by atoms with E-state index in [1.54, 1.807) is 0 Å². The lowest BCUT2D eigenvalue weighted by molar-refractivity contribution is 0.0919. The maximum absolute atomic E-state index is 12.2. The smallest absolute Gasteiger partial charge is 0.259 e. The number of benzene rings is 1. The lowest BCUT2D eigenvalue weighted by Gasteiger charge is -2.29. The summed E-state index contributed by atoms with van der Waals surface area (Å²) in [5.74, 6) is -0.785. The molecule has 2 rings (SSSR count). The van der Waals surface area contributed by atoms with Crippen molar-refractivity contribution >= 4 is 5.91 Å². The van der Waals surface area contributed by atoms with E-state index in [1.807, 2.05) is 0 Å². The number of nitrogens with one attached hydrogen (secondary N) is 2. The Morgan fingerprint density at radius 3 is 2.29 bits per heavy atom. The molecule has 0 unspecified atom stereocenters. The van der Waals surface area contributed by atoms with Crippen LogP contribution in [-0.4, -0.2) is 34.7 Å². The molecule has 1 aromatic carbocycles. The predicted octanol–water partition coefficient (Wildman–Crippen LogP) is 2.14. The molecule has 0 aromatic heterocycles. The van der Waals surface area contributed by atoms with E-state index in [0.717, 1.165) is 38.6 Å². The first-order valence-electron chi connectivity index (χ1n) is 7.67. The Hall–Kier alpha value is -1.75. The Balaban J connectivity index is 1.87.